The summed E-state index contributed by atoms with van der Waals surface area (Å²) in [6.07, 6.45) is 2.03. The Morgan fingerprint density at radius 1 is 1.25 bits per heavy atom. The number of aliphatic hydroxyl groups excluding tert-OH is 1. The van der Waals surface area contributed by atoms with Gasteiger partial charge in [-0.1, -0.05) is 12.1 Å². The van der Waals surface area contributed by atoms with E-state index in [0.29, 0.717) is 5.92 Å². The van der Waals surface area contributed by atoms with Crippen LogP contribution in [0.5, 0.6) is 0 Å². The molecule has 1 saturated carbocycles. The molecule has 2 heteroatoms. The molecule has 2 aromatic rings. The Labute approximate surface area is 94.9 Å². The summed E-state index contributed by atoms with van der Waals surface area (Å²) in [5.74, 6) is 0.482. The number of hydrogen-bond acceptors (Lipinski definition) is 2. The Hall–Kier alpha value is -1.41. The van der Waals surface area contributed by atoms with Crippen LogP contribution < -0.4 is 0 Å². The van der Waals surface area contributed by atoms with Crippen molar-refractivity contribution in [2.45, 2.75) is 25.9 Å². The van der Waals surface area contributed by atoms with Crippen LogP contribution >= 0.6 is 0 Å². The van der Waals surface area contributed by atoms with Gasteiger partial charge in [0.15, 0.2) is 0 Å². The minimum Gasteiger partial charge on any atom is -0.388 e. The lowest BCUT2D eigenvalue weighted by Gasteiger charge is -2.10. The lowest BCUT2D eigenvalue weighted by molar-refractivity contribution is 0.154. The molecule has 0 spiro atoms. The molecule has 1 atom stereocenters. The minimum absolute atomic E-state index is 0.286. The van der Waals surface area contributed by atoms with Crippen LogP contribution in [0.4, 0.5) is 0 Å². The quantitative estimate of drug-likeness (QED) is 0.832. The maximum atomic E-state index is 10.1. The molecule has 1 fully saturated rings. The second-order valence-corrected chi connectivity index (χ2v) is 4.69. The maximum Gasteiger partial charge on any atom is 0.0818 e. The highest BCUT2D eigenvalue weighted by molar-refractivity contribution is 5.79. The van der Waals surface area contributed by atoms with Gasteiger partial charge in [0.05, 0.1) is 11.6 Å². The maximum absolute atomic E-state index is 10.1. The van der Waals surface area contributed by atoms with Crippen molar-refractivity contribution in [2.24, 2.45) is 5.92 Å². The fraction of sp³-hybridized carbons (Fsp3) is 0.357. The third-order valence-corrected chi connectivity index (χ3v) is 3.26. The third kappa shape index (κ3) is 1.69. The average molecular weight is 213 g/mol. The van der Waals surface area contributed by atoms with E-state index in [0.717, 1.165) is 35.0 Å². The van der Waals surface area contributed by atoms with Crippen molar-refractivity contribution in [3.05, 3.63) is 41.6 Å². The predicted octanol–water partition coefficient (Wildman–Crippen LogP) is 2.99. The standard InChI is InChI=1S/C14H15NO/c1-9-2-3-11-8-12(6-7-13(11)15-9)14(16)10-4-5-10/h2-3,6-8,10,14,16H,4-5H2,1H3. The first-order valence-electron chi connectivity index (χ1n) is 5.79. The van der Waals surface area contributed by atoms with Crippen LogP contribution in [-0.4, -0.2) is 10.1 Å². The van der Waals surface area contributed by atoms with Gasteiger partial charge in [-0.25, -0.2) is 0 Å². The van der Waals surface area contributed by atoms with Gasteiger partial charge in [-0.2, -0.15) is 0 Å². The Balaban J connectivity index is 2.05. The molecule has 1 unspecified atom stereocenters. The first-order valence-corrected chi connectivity index (χ1v) is 5.79. The molecule has 1 aromatic carbocycles. The van der Waals surface area contributed by atoms with Gasteiger partial charge in [-0.15, -0.1) is 0 Å². The molecule has 1 aliphatic carbocycles. The van der Waals surface area contributed by atoms with Crippen LogP contribution in [-0.2, 0) is 0 Å². The number of aryl methyl sites for hydroxylation is 1. The SMILES string of the molecule is Cc1ccc2cc(C(O)C3CC3)ccc2n1. The molecule has 2 nitrogen and oxygen atoms in total. The minimum atomic E-state index is -0.286. The second-order valence-electron chi connectivity index (χ2n) is 4.69. The number of fused-ring (bicyclic) bond motifs is 1. The van der Waals surface area contributed by atoms with Gasteiger partial charge in [0.2, 0.25) is 0 Å². The molecule has 1 N–H and O–H groups in total. The summed E-state index contributed by atoms with van der Waals surface area (Å²) < 4.78 is 0. The fourth-order valence-electron chi connectivity index (χ4n) is 2.11. The van der Waals surface area contributed by atoms with Crippen LogP contribution in [0.3, 0.4) is 0 Å². The normalized spacial score (nSPS) is 17.6. The summed E-state index contributed by atoms with van der Waals surface area (Å²) in [6, 6.07) is 10.1. The fourth-order valence-corrected chi connectivity index (χ4v) is 2.11. The summed E-state index contributed by atoms with van der Waals surface area (Å²) >= 11 is 0. The van der Waals surface area contributed by atoms with Gasteiger partial charge < -0.3 is 5.11 Å². The lowest BCUT2D eigenvalue weighted by Crippen LogP contribution is -1.99. The third-order valence-electron chi connectivity index (χ3n) is 3.26. The highest BCUT2D eigenvalue weighted by Crippen LogP contribution is 2.41. The van der Waals surface area contributed by atoms with Gasteiger partial charge in [-0.05, 0) is 49.4 Å². The summed E-state index contributed by atoms with van der Waals surface area (Å²) in [7, 11) is 0. The Bertz CT molecular complexity index is 531. The molecule has 0 radical (unpaired) electrons. The predicted molar refractivity (Wildman–Crippen MR) is 64.2 cm³/mol. The molecule has 0 saturated heterocycles. The van der Waals surface area contributed by atoms with E-state index in [1.165, 1.54) is 0 Å². The van der Waals surface area contributed by atoms with Crippen molar-refractivity contribution >= 4 is 10.9 Å². The zero-order chi connectivity index (χ0) is 11.1. The number of benzene rings is 1. The van der Waals surface area contributed by atoms with Crippen molar-refractivity contribution in [1.82, 2.24) is 4.98 Å². The van der Waals surface area contributed by atoms with Gasteiger partial charge in [-0.3, -0.25) is 4.98 Å². The highest BCUT2D eigenvalue weighted by Gasteiger charge is 2.30. The number of nitrogens with zero attached hydrogens (tertiary/aromatic N) is 1. The molecular weight excluding hydrogens is 198 g/mol. The van der Waals surface area contributed by atoms with E-state index < -0.39 is 0 Å². The van der Waals surface area contributed by atoms with Crippen LogP contribution in [0, 0.1) is 12.8 Å². The molecule has 0 aliphatic heterocycles. The largest absolute Gasteiger partial charge is 0.388 e. The van der Waals surface area contributed by atoms with Crippen molar-refractivity contribution in [2.75, 3.05) is 0 Å². The topological polar surface area (TPSA) is 33.1 Å². The number of rotatable bonds is 2. The monoisotopic (exact) mass is 213 g/mol. The van der Waals surface area contributed by atoms with E-state index in [1.807, 2.05) is 25.1 Å². The van der Waals surface area contributed by atoms with E-state index in [-0.39, 0.29) is 6.10 Å². The Kier molecular flexibility index (Phi) is 2.18. The van der Waals surface area contributed by atoms with Gasteiger partial charge >= 0.3 is 0 Å². The number of pyridine rings is 1. The van der Waals surface area contributed by atoms with Crippen LogP contribution in [0.2, 0.25) is 0 Å². The summed E-state index contributed by atoms with van der Waals surface area (Å²) in [5, 5.41) is 11.2. The lowest BCUT2D eigenvalue weighted by atomic mass is 10.0. The molecular formula is C14H15NO. The summed E-state index contributed by atoms with van der Waals surface area (Å²) in [5.41, 5.74) is 3.07. The van der Waals surface area contributed by atoms with Gasteiger partial charge in [0.25, 0.3) is 0 Å². The van der Waals surface area contributed by atoms with E-state index >= 15 is 0 Å². The number of aliphatic hydroxyl groups is 1. The molecule has 1 aromatic heterocycles. The summed E-state index contributed by atoms with van der Waals surface area (Å²) in [6.45, 7) is 1.99. The molecule has 1 heterocycles. The van der Waals surface area contributed by atoms with Crippen LogP contribution in [0.25, 0.3) is 10.9 Å². The van der Waals surface area contributed by atoms with Crippen molar-refractivity contribution in [3.63, 3.8) is 0 Å². The Morgan fingerprint density at radius 2 is 2.06 bits per heavy atom. The van der Waals surface area contributed by atoms with Gasteiger partial charge in [0.1, 0.15) is 0 Å². The summed E-state index contributed by atoms with van der Waals surface area (Å²) in [4.78, 5) is 4.45. The van der Waals surface area contributed by atoms with E-state index in [4.69, 9.17) is 0 Å². The Morgan fingerprint density at radius 3 is 2.81 bits per heavy atom. The zero-order valence-electron chi connectivity index (χ0n) is 9.35. The highest BCUT2D eigenvalue weighted by atomic mass is 16.3. The first-order chi connectivity index (χ1) is 7.74. The van der Waals surface area contributed by atoms with Crippen LogP contribution in [0.1, 0.15) is 30.2 Å². The van der Waals surface area contributed by atoms with Crippen LogP contribution in [0.15, 0.2) is 30.3 Å². The second kappa shape index (κ2) is 3.56. The molecule has 82 valence electrons. The molecule has 0 bridgehead atoms. The van der Waals surface area contributed by atoms with Crippen molar-refractivity contribution < 1.29 is 5.11 Å². The first kappa shape index (κ1) is 9.79. The molecule has 1 aliphatic rings. The van der Waals surface area contributed by atoms with E-state index in [9.17, 15) is 5.11 Å². The van der Waals surface area contributed by atoms with Crippen molar-refractivity contribution in [3.8, 4) is 0 Å². The average Bonchev–Trinajstić information content (AvgIpc) is 3.11. The van der Waals surface area contributed by atoms with Gasteiger partial charge in [0, 0.05) is 11.1 Å². The van der Waals surface area contributed by atoms with E-state index in [2.05, 4.69) is 17.1 Å². The zero-order valence-corrected chi connectivity index (χ0v) is 9.35. The number of hydrogen-bond donors (Lipinski definition) is 1. The van der Waals surface area contributed by atoms with Crippen molar-refractivity contribution in [1.29, 1.82) is 0 Å². The molecule has 3 rings (SSSR count). The molecule has 16 heavy (non-hydrogen) atoms. The van der Waals surface area contributed by atoms with E-state index in [1.54, 1.807) is 0 Å². The molecule has 0 amide bonds. The number of aromatic nitrogens is 1. The smallest absolute Gasteiger partial charge is 0.0818 e.